The molecule has 1 aliphatic heterocycles. The number of fused-ring (bicyclic) bond motifs is 1. The van der Waals surface area contributed by atoms with Gasteiger partial charge in [-0.15, -0.1) is 0 Å². The van der Waals surface area contributed by atoms with E-state index in [0.717, 1.165) is 33.3 Å². The van der Waals surface area contributed by atoms with Crippen molar-refractivity contribution < 1.29 is 14.3 Å². The van der Waals surface area contributed by atoms with Crippen LogP contribution in [0.1, 0.15) is 17.5 Å². The first-order valence-corrected chi connectivity index (χ1v) is 11.8. The molecule has 1 N–H and O–H groups in total. The van der Waals surface area contributed by atoms with Crippen LogP contribution in [0.25, 0.3) is 10.8 Å². The van der Waals surface area contributed by atoms with Crippen LogP contribution in [-0.4, -0.2) is 47.4 Å². The van der Waals surface area contributed by atoms with Crippen molar-refractivity contribution in [2.75, 3.05) is 25.6 Å². The molecule has 33 heavy (non-hydrogen) atoms. The Bertz CT molecular complexity index is 1200. The number of methoxy groups -OCH3 is 1. The summed E-state index contributed by atoms with van der Waals surface area (Å²) in [7, 11) is 1.60. The van der Waals surface area contributed by atoms with Gasteiger partial charge in [0.25, 0.3) is 0 Å². The van der Waals surface area contributed by atoms with Crippen LogP contribution in [0.3, 0.4) is 0 Å². The predicted molar refractivity (Wildman–Crippen MR) is 135 cm³/mol. The summed E-state index contributed by atoms with van der Waals surface area (Å²) >= 11 is 1.34. The minimum Gasteiger partial charge on any atom is -0.383 e. The zero-order chi connectivity index (χ0) is 23.4. The molecule has 3 aromatic carbocycles. The van der Waals surface area contributed by atoms with E-state index in [1.807, 2.05) is 74.5 Å². The first kappa shape index (κ1) is 23.0. The number of hydrogen-bond donors (Lipinski definition) is 1. The maximum Gasteiger partial charge on any atom is 0.242 e. The lowest BCUT2D eigenvalue weighted by molar-refractivity contribution is -0.128. The fraction of sp³-hybridized carbons (Fsp3) is 0.269. The number of nitrogens with one attached hydrogen (secondary N) is 1. The third-order valence-electron chi connectivity index (χ3n) is 5.64. The first-order chi connectivity index (χ1) is 16.0. The summed E-state index contributed by atoms with van der Waals surface area (Å²) in [4.78, 5) is 32.5. The van der Waals surface area contributed by atoms with E-state index in [9.17, 15) is 9.59 Å². The van der Waals surface area contributed by atoms with Gasteiger partial charge in [0, 0.05) is 24.6 Å². The lowest BCUT2D eigenvalue weighted by Gasteiger charge is -2.16. The van der Waals surface area contributed by atoms with Gasteiger partial charge >= 0.3 is 0 Å². The van der Waals surface area contributed by atoms with Crippen LogP contribution < -0.4 is 5.32 Å². The van der Waals surface area contributed by atoms with Crippen LogP contribution in [0.5, 0.6) is 0 Å². The number of benzene rings is 3. The van der Waals surface area contributed by atoms with Crippen LogP contribution in [0.4, 0.5) is 11.4 Å². The summed E-state index contributed by atoms with van der Waals surface area (Å²) in [5, 5.41) is 5.15. The maximum absolute atomic E-state index is 13.2. The second-order valence-electron chi connectivity index (χ2n) is 8.00. The summed E-state index contributed by atoms with van der Waals surface area (Å²) in [6.45, 7) is 4.70. The molecule has 3 aromatic rings. The Morgan fingerprint density at radius 1 is 1.06 bits per heavy atom. The molecule has 0 spiro atoms. The van der Waals surface area contributed by atoms with E-state index < -0.39 is 5.25 Å². The van der Waals surface area contributed by atoms with Crippen LogP contribution in [0.2, 0.25) is 0 Å². The number of carbonyl (C=O) groups excluding carboxylic acids is 2. The van der Waals surface area contributed by atoms with Crippen LogP contribution in [0, 0.1) is 13.8 Å². The molecule has 1 heterocycles. The number of para-hydroxylation sites is 1. The van der Waals surface area contributed by atoms with E-state index in [-0.39, 0.29) is 18.2 Å². The molecule has 4 rings (SSSR count). The molecule has 1 atom stereocenters. The highest BCUT2D eigenvalue weighted by Gasteiger charge is 2.39. The van der Waals surface area contributed by atoms with E-state index in [0.29, 0.717) is 18.3 Å². The van der Waals surface area contributed by atoms with Crippen molar-refractivity contribution in [3.05, 3.63) is 71.8 Å². The Hall–Kier alpha value is -3.16. The Kier molecular flexibility index (Phi) is 7.11. The molecule has 170 valence electrons. The Morgan fingerprint density at radius 2 is 1.76 bits per heavy atom. The van der Waals surface area contributed by atoms with E-state index in [1.54, 1.807) is 12.0 Å². The molecule has 1 fully saturated rings. The number of rotatable bonds is 7. The second kappa shape index (κ2) is 10.2. The van der Waals surface area contributed by atoms with Crippen molar-refractivity contribution in [3.63, 3.8) is 0 Å². The molecule has 0 radical (unpaired) electrons. The highest BCUT2D eigenvalue weighted by atomic mass is 32.2. The summed E-state index contributed by atoms with van der Waals surface area (Å²) in [5.41, 5.74) is 3.59. The third-order valence-corrected chi connectivity index (χ3v) is 6.81. The highest BCUT2D eigenvalue weighted by molar-refractivity contribution is 8.15. The average molecular weight is 462 g/mol. The zero-order valence-corrected chi connectivity index (χ0v) is 19.8. The van der Waals surface area contributed by atoms with E-state index in [4.69, 9.17) is 9.73 Å². The Labute approximate surface area is 198 Å². The molecule has 2 amide bonds. The van der Waals surface area contributed by atoms with Gasteiger partial charge < -0.3 is 10.1 Å². The smallest absolute Gasteiger partial charge is 0.242 e. The number of aliphatic imine (C=N–C) groups is 1. The summed E-state index contributed by atoms with van der Waals surface area (Å²) in [6.07, 6.45) is 0.0787. The van der Waals surface area contributed by atoms with E-state index >= 15 is 0 Å². The van der Waals surface area contributed by atoms with Crippen LogP contribution >= 0.6 is 11.8 Å². The Balaban J connectivity index is 1.57. The number of anilines is 1. The first-order valence-electron chi connectivity index (χ1n) is 10.9. The average Bonchev–Trinajstić information content (AvgIpc) is 3.09. The standard InChI is InChI=1S/C26H27N3O3S/c1-17-8-6-9-18(2)24(17)28-23(30)16-22-25(31)29(14-15-32-3)26(33-22)27-21-13-7-11-19-10-4-5-12-20(19)21/h4-13,22H,14-16H2,1-3H3,(H,28,30). The topological polar surface area (TPSA) is 71.0 Å². The van der Waals surface area contributed by atoms with E-state index in [1.165, 1.54) is 11.8 Å². The summed E-state index contributed by atoms with van der Waals surface area (Å²) < 4.78 is 5.21. The number of amides is 2. The van der Waals surface area contributed by atoms with E-state index in [2.05, 4.69) is 5.32 Å². The molecule has 6 nitrogen and oxygen atoms in total. The third kappa shape index (κ3) is 5.10. The minimum atomic E-state index is -0.528. The van der Waals surface area contributed by atoms with Gasteiger partial charge in [-0.2, -0.15) is 0 Å². The minimum absolute atomic E-state index is 0.0787. The molecule has 7 heteroatoms. The number of nitrogens with zero attached hydrogens (tertiary/aromatic N) is 2. The number of carbonyl (C=O) groups is 2. The SMILES string of the molecule is COCCN1C(=O)C(CC(=O)Nc2c(C)cccc2C)SC1=Nc1cccc2ccccc12. The molecule has 0 aliphatic carbocycles. The van der Waals surface area contributed by atoms with Gasteiger partial charge in [0.1, 0.15) is 5.25 Å². The number of hydrogen-bond acceptors (Lipinski definition) is 5. The van der Waals surface area contributed by atoms with Crippen molar-refractivity contribution in [3.8, 4) is 0 Å². The zero-order valence-electron chi connectivity index (χ0n) is 19.0. The molecule has 1 aliphatic rings. The number of amidine groups is 1. The summed E-state index contributed by atoms with van der Waals surface area (Å²) in [5.74, 6) is -0.302. The quantitative estimate of drug-likeness (QED) is 0.534. The van der Waals surface area contributed by atoms with Crippen molar-refractivity contribution in [1.29, 1.82) is 0 Å². The number of thioether (sulfide) groups is 1. The Morgan fingerprint density at radius 3 is 2.52 bits per heavy atom. The van der Waals surface area contributed by atoms with Gasteiger partial charge in [0.2, 0.25) is 11.8 Å². The van der Waals surface area contributed by atoms with Crippen LogP contribution in [0.15, 0.2) is 65.7 Å². The lowest BCUT2D eigenvalue weighted by atomic mass is 10.1. The van der Waals surface area contributed by atoms with Crippen molar-refractivity contribution >= 4 is 50.9 Å². The van der Waals surface area contributed by atoms with Gasteiger partial charge in [-0.3, -0.25) is 14.5 Å². The normalized spacial score (nSPS) is 17.2. The monoisotopic (exact) mass is 461 g/mol. The van der Waals surface area contributed by atoms with Crippen molar-refractivity contribution in [1.82, 2.24) is 4.90 Å². The predicted octanol–water partition coefficient (Wildman–Crippen LogP) is 5.06. The molecule has 1 saturated heterocycles. The summed E-state index contributed by atoms with van der Waals surface area (Å²) in [6, 6.07) is 19.8. The maximum atomic E-state index is 13.2. The second-order valence-corrected chi connectivity index (χ2v) is 9.17. The van der Waals surface area contributed by atoms with Crippen molar-refractivity contribution in [2.24, 2.45) is 4.99 Å². The largest absolute Gasteiger partial charge is 0.383 e. The molecule has 1 unspecified atom stereocenters. The molecule has 0 aromatic heterocycles. The number of ether oxygens (including phenoxy) is 1. The molecule has 0 bridgehead atoms. The van der Waals surface area contributed by atoms with Gasteiger partial charge in [-0.25, -0.2) is 4.99 Å². The number of aryl methyl sites for hydroxylation is 2. The molecular formula is C26H27N3O3S. The van der Waals surface area contributed by atoms with Crippen molar-refractivity contribution in [2.45, 2.75) is 25.5 Å². The molecular weight excluding hydrogens is 434 g/mol. The lowest BCUT2D eigenvalue weighted by Crippen LogP contribution is -2.35. The van der Waals surface area contributed by atoms with Gasteiger partial charge in [-0.1, -0.05) is 66.4 Å². The van der Waals surface area contributed by atoms with Crippen LogP contribution in [-0.2, 0) is 14.3 Å². The van der Waals surface area contributed by atoms with Gasteiger partial charge in [0.05, 0.1) is 18.8 Å². The van der Waals surface area contributed by atoms with Gasteiger partial charge in [0.15, 0.2) is 5.17 Å². The highest BCUT2D eigenvalue weighted by Crippen LogP contribution is 2.34. The fourth-order valence-electron chi connectivity index (χ4n) is 3.89. The van der Waals surface area contributed by atoms with Gasteiger partial charge in [-0.05, 0) is 36.4 Å². The fourth-order valence-corrected chi connectivity index (χ4v) is 5.07. The molecule has 0 saturated carbocycles.